The Morgan fingerprint density at radius 2 is 2.05 bits per heavy atom. The van der Waals surface area contributed by atoms with Crippen molar-refractivity contribution in [2.24, 2.45) is 0 Å². The van der Waals surface area contributed by atoms with Crippen LogP contribution < -0.4 is 5.73 Å². The van der Waals surface area contributed by atoms with Crippen molar-refractivity contribution in [3.8, 4) is 0 Å². The predicted octanol–water partition coefficient (Wildman–Crippen LogP) is 3.38. The number of nitrogen functional groups attached to an aromatic ring is 1. The molecule has 0 atom stereocenters. The molecule has 1 aliphatic heterocycles. The van der Waals surface area contributed by atoms with Crippen LogP contribution in [0, 0.1) is 10.5 Å². The van der Waals surface area contributed by atoms with E-state index < -0.39 is 0 Å². The van der Waals surface area contributed by atoms with Crippen molar-refractivity contribution in [1.29, 1.82) is 0 Å². The van der Waals surface area contributed by atoms with E-state index in [4.69, 9.17) is 5.73 Å². The van der Waals surface area contributed by atoms with E-state index >= 15 is 0 Å². The van der Waals surface area contributed by atoms with E-state index in [1.807, 2.05) is 42.2 Å². The van der Waals surface area contributed by atoms with Gasteiger partial charge in [0.25, 0.3) is 5.91 Å². The van der Waals surface area contributed by atoms with Crippen LogP contribution in [0.4, 0.5) is 5.69 Å². The highest BCUT2D eigenvalue weighted by molar-refractivity contribution is 14.1. The fourth-order valence-corrected chi connectivity index (χ4v) is 3.32. The van der Waals surface area contributed by atoms with Crippen LogP contribution in [0.15, 0.2) is 36.4 Å². The summed E-state index contributed by atoms with van der Waals surface area (Å²) in [5, 5.41) is 0. The van der Waals surface area contributed by atoms with Crippen LogP contribution in [-0.4, -0.2) is 17.4 Å². The van der Waals surface area contributed by atoms with E-state index in [0.717, 1.165) is 38.9 Å². The summed E-state index contributed by atoms with van der Waals surface area (Å²) >= 11 is 2.25. The van der Waals surface area contributed by atoms with Crippen molar-refractivity contribution in [2.75, 3.05) is 12.3 Å². The molecular formula is C17H17IN2O. The number of carbonyl (C=O) groups excluding carboxylic acids is 1. The first kappa shape index (κ1) is 14.4. The minimum atomic E-state index is 0.108. The number of amides is 1. The number of fused-ring (bicyclic) bond motifs is 1. The summed E-state index contributed by atoms with van der Waals surface area (Å²) in [4.78, 5) is 14.7. The molecule has 0 unspecified atom stereocenters. The van der Waals surface area contributed by atoms with Gasteiger partial charge in [0.05, 0.1) is 5.56 Å². The smallest absolute Gasteiger partial charge is 0.255 e. The number of hydrogen-bond donors (Lipinski definition) is 1. The van der Waals surface area contributed by atoms with Crippen molar-refractivity contribution < 1.29 is 4.79 Å². The van der Waals surface area contributed by atoms with Gasteiger partial charge in [0, 0.05) is 22.3 Å². The van der Waals surface area contributed by atoms with Gasteiger partial charge in [-0.2, -0.15) is 0 Å². The predicted molar refractivity (Wildman–Crippen MR) is 93.2 cm³/mol. The Hall–Kier alpha value is -1.56. The van der Waals surface area contributed by atoms with Gasteiger partial charge in [-0.3, -0.25) is 4.79 Å². The van der Waals surface area contributed by atoms with Gasteiger partial charge in [0.1, 0.15) is 0 Å². The van der Waals surface area contributed by atoms with Gasteiger partial charge in [-0.25, -0.2) is 0 Å². The van der Waals surface area contributed by atoms with Crippen LogP contribution in [0.25, 0.3) is 0 Å². The van der Waals surface area contributed by atoms with Gasteiger partial charge < -0.3 is 10.6 Å². The number of nitrogens with two attached hydrogens (primary N) is 1. The lowest BCUT2D eigenvalue weighted by Gasteiger charge is -2.29. The summed E-state index contributed by atoms with van der Waals surface area (Å²) in [6.07, 6.45) is 0.893. The molecule has 0 saturated heterocycles. The second-order valence-corrected chi connectivity index (χ2v) is 6.52. The normalized spacial score (nSPS) is 13.9. The van der Waals surface area contributed by atoms with E-state index in [2.05, 4.69) is 28.7 Å². The monoisotopic (exact) mass is 392 g/mol. The first-order chi connectivity index (χ1) is 10.1. The van der Waals surface area contributed by atoms with Gasteiger partial charge in [-0.1, -0.05) is 18.2 Å². The molecule has 0 bridgehead atoms. The number of aryl methyl sites for hydroxylation is 1. The molecule has 2 aromatic carbocycles. The second-order valence-electron chi connectivity index (χ2n) is 5.44. The average molecular weight is 392 g/mol. The molecule has 3 nitrogen and oxygen atoms in total. The zero-order valence-corrected chi connectivity index (χ0v) is 14.1. The lowest BCUT2D eigenvalue weighted by molar-refractivity contribution is 0.0733. The standard InChI is InChI=1S/C17H17IN2O/c1-11-3-2-4-15(16(11)18)17(21)20-8-7-12-5-6-14(19)9-13(12)10-20/h2-6,9H,7-8,10,19H2,1H3. The molecule has 2 aromatic rings. The second kappa shape index (κ2) is 5.67. The Balaban J connectivity index is 1.89. The third-order valence-electron chi connectivity index (χ3n) is 3.95. The van der Waals surface area contributed by atoms with Crippen molar-refractivity contribution >= 4 is 34.2 Å². The largest absolute Gasteiger partial charge is 0.399 e. The summed E-state index contributed by atoms with van der Waals surface area (Å²) in [7, 11) is 0. The maximum Gasteiger partial charge on any atom is 0.255 e. The van der Waals surface area contributed by atoms with Gasteiger partial charge >= 0.3 is 0 Å². The van der Waals surface area contributed by atoms with Gasteiger partial charge in [0.15, 0.2) is 0 Å². The Kier molecular flexibility index (Phi) is 3.89. The lowest BCUT2D eigenvalue weighted by Crippen LogP contribution is -2.36. The molecule has 1 aliphatic rings. The van der Waals surface area contributed by atoms with Crippen LogP contribution in [0.2, 0.25) is 0 Å². The molecule has 0 spiro atoms. The Morgan fingerprint density at radius 1 is 1.24 bits per heavy atom. The van der Waals surface area contributed by atoms with Crippen LogP contribution in [0.5, 0.6) is 0 Å². The molecule has 0 aromatic heterocycles. The van der Waals surface area contributed by atoms with Crippen LogP contribution >= 0.6 is 22.6 Å². The van der Waals surface area contributed by atoms with Crippen LogP contribution in [0.3, 0.4) is 0 Å². The highest BCUT2D eigenvalue weighted by Gasteiger charge is 2.23. The average Bonchev–Trinajstić information content (AvgIpc) is 2.48. The number of rotatable bonds is 1. The van der Waals surface area contributed by atoms with E-state index in [1.165, 1.54) is 5.56 Å². The Bertz CT molecular complexity index is 712. The number of benzene rings is 2. The number of nitrogens with zero attached hydrogens (tertiary/aromatic N) is 1. The molecule has 4 heteroatoms. The number of halogens is 1. The minimum absolute atomic E-state index is 0.108. The zero-order valence-electron chi connectivity index (χ0n) is 11.9. The Labute approximate surface area is 138 Å². The van der Waals surface area contributed by atoms with Gasteiger partial charge in [-0.05, 0) is 70.8 Å². The summed E-state index contributed by atoms with van der Waals surface area (Å²) in [5.41, 5.74) is 11.0. The summed E-state index contributed by atoms with van der Waals surface area (Å²) in [6, 6.07) is 11.9. The molecule has 108 valence electrons. The molecular weight excluding hydrogens is 375 g/mol. The third-order valence-corrected chi connectivity index (χ3v) is 5.38. The molecule has 0 saturated carbocycles. The highest BCUT2D eigenvalue weighted by Crippen LogP contribution is 2.24. The van der Waals surface area contributed by atoms with Crippen molar-refractivity contribution in [2.45, 2.75) is 19.9 Å². The van der Waals surface area contributed by atoms with Crippen molar-refractivity contribution in [1.82, 2.24) is 4.90 Å². The SMILES string of the molecule is Cc1cccc(C(=O)N2CCc3ccc(N)cc3C2)c1I. The number of anilines is 1. The third kappa shape index (κ3) is 2.77. The summed E-state index contributed by atoms with van der Waals surface area (Å²) in [6.45, 7) is 3.44. The zero-order chi connectivity index (χ0) is 15.0. The van der Waals surface area contributed by atoms with Crippen molar-refractivity contribution in [3.05, 3.63) is 62.2 Å². The first-order valence-electron chi connectivity index (χ1n) is 6.98. The molecule has 2 N–H and O–H groups in total. The maximum atomic E-state index is 12.8. The fourth-order valence-electron chi connectivity index (χ4n) is 2.73. The fraction of sp³-hybridized carbons (Fsp3) is 0.235. The van der Waals surface area contributed by atoms with Gasteiger partial charge in [0.2, 0.25) is 0 Å². The maximum absolute atomic E-state index is 12.8. The van der Waals surface area contributed by atoms with Crippen LogP contribution in [-0.2, 0) is 13.0 Å². The van der Waals surface area contributed by atoms with Crippen LogP contribution in [0.1, 0.15) is 27.0 Å². The molecule has 0 aliphatic carbocycles. The van der Waals surface area contributed by atoms with E-state index in [-0.39, 0.29) is 5.91 Å². The molecule has 0 fully saturated rings. The molecule has 21 heavy (non-hydrogen) atoms. The quantitative estimate of drug-likeness (QED) is 0.598. The Morgan fingerprint density at radius 3 is 2.86 bits per heavy atom. The van der Waals surface area contributed by atoms with E-state index in [1.54, 1.807) is 0 Å². The molecule has 1 amide bonds. The summed E-state index contributed by atoms with van der Waals surface area (Å²) in [5.74, 6) is 0.108. The summed E-state index contributed by atoms with van der Waals surface area (Å²) < 4.78 is 1.04. The topological polar surface area (TPSA) is 46.3 Å². The molecule has 0 radical (unpaired) electrons. The van der Waals surface area contributed by atoms with E-state index in [0.29, 0.717) is 6.54 Å². The minimum Gasteiger partial charge on any atom is -0.399 e. The van der Waals surface area contributed by atoms with E-state index in [9.17, 15) is 4.79 Å². The number of carbonyl (C=O) groups is 1. The molecule has 3 rings (SSSR count). The highest BCUT2D eigenvalue weighted by atomic mass is 127. The van der Waals surface area contributed by atoms with Gasteiger partial charge in [-0.15, -0.1) is 0 Å². The molecule has 1 heterocycles. The lowest BCUT2D eigenvalue weighted by atomic mass is 9.98. The number of hydrogen-bond acceptors (Lipinski definition) is 2. The first-order valence-corrected chi connectivity index (χ1v) is 8.06. The van der Waals surface area contributed by atoms with Crippen molar-refractivity contribution in [3.63, 3.8) is 0 Å².